The van der Waals surface area contributed by atoms with E-state index in [-0.39, 0.29) is 0 Å². The lowest BCUT2D eigenvalue weighted by molar-refractivity contribution is 1.21. The number of thiophene rings is 2. The van der Waals surface area contributed by atoms with E-state index in [4.69, 9.17) is 15.0 Å². The first-order valence-corrected chi connectivity index (χ1v) is 14.8. The molecule has 0 amide bonds. The zero-order valence-corrected chi connectivity index (χ0v) is 22.8. The van der Waals surface area contributed by atoms with Crippen LogP contribution in [0.4, 0.5) is 0 Å². The molecule has 0 saturated carbocycles. The summed E-state index contributed by atoms with van der Waals surface area (Å²) in [6.45, 7) is 0. The van der Waals surface area contributed by atoms with Gasteiger partial charge in [0.05, 0.1) is 15.9 Å². The highest BCUT2D eigenvalue weighted by Gasteiger charge is 2.20. The van der Waals surface area contributed by atoms with Gasteiger partial charge in [0.15, 0.2) is 5.82 Å². The predicted molar refractivity (Wildman–Crippen MR) is 171 cm³/mol. The summed E-state index contributed by atoms with van der Waals surface area (Å²) >= 11 is 3.52. The highest BCUT2D eigenvalue weighted by atomic mass is 32.1. The zero-order chi connectivity index (χ0) is 26.2. The Labute approximate surface area is 237 Å². The summed E-state index contributed by atoms with van der Waals surface area (Å²) in [6.07, 6.45) is 0. The monoisotopic (exact) mass is 545 g/mol. The van der Waals surface area contributed by atoms with Gasteiger partial charge in [0.25, 0.3) is 0 Å². The molecule has 0 N–H and O–H groups in total. The van der Waals surface area contributed by atoms with Gasteiger partial charge in [-0.1, -0.05) is 103 Å². The molecule has 5 heteroatoms. The number of hydrogen-bond acceptors (Lipinski definition) is 5. The van der Waals surface area contributed by atoms with Crippen LogP contribution < -0.4 is 0 Å². The molecule has 0 unspecified atom stereocenters. The molecule has 9 aromatic rings. The summed E-state index contributed by atoms with van der Waals surface area (Å²) < 4.78 is 3.69. The standard InChI is InChI=1S/C35H19N3S2/c1-2-10-20(11-3-1)30-29-26-15-7-9-17-28(26)40-35(29)38-34(37-30)32-23-14-5-4-12-21(23)24-18-19-25-22-13-6-8-16-27(22)39-33(25)31(24)36-32/h1-19H. The van der Waals surface area contributed by atoms with Gasteiger partial charge < -0.3 is 0 Å². The lowest BCUT2D eigenvalue weighted by Crippen LogP contribution is -1.97. The van der Waals surface area contributed by atoms with Crippen molar-refractivity contribution < 1.29 is 0 Å². The van der Waals surface area contributed by atoms with Crippen LogP contribution in [0, 0.1) is 0 Å². The van der Waals surface area contributed by atoms with E-state index >= 15 is 0 Å². The molecule has 40 heavy (non-hydrogen) atoms. The van der Waals surface area contributed by atoms with Crippen LogP contribution in [0.1, 0.15) is 0 Å². The van der Waals surface area contributed by atoms with Gasteiger partial charge in [-0.25, -0.2) is 15.0 Å². The fourth-order valence-electron chi connectivity index (χ4n) is 5.90. The molecule has 3 nitrogen and oxygen atoms in total. The van der Waals surface area contributed by atoms with Crippen molar-refractivity contribution in [1.29, 1.82) is 0 Å². The Bertz CT molecular complexity index is 2440. The molecule has 9 rings (SSSR count). The SMILES string of the molecule is c1ccc(-c2nc(-c3nc4c(ccc5c6ccccc6sc54)c4ccccc34)nc3sc4ccccc4c23)cc1. The second-order valence-electron chi connectivity index (χ2n) is 9.98. The van der Waals surface area contributed by atoms with Crippen LogP contribution in [-0.2, 0) is 0 Å². The van der Waals surface area contributed by atoms with E-state index in [1.54, 1.807) is 11.3 Å². The molecule has 0 radical (unpaired) electrons. The van der Waals surface area contributed by atoms with Crippen molar-refractivity contribution in [2.45, 2.75) is 0 Å². The molecule has 186 valence electrons. The van der Waals surface area contributed by atoms with Gasteiger partial charge in [-0.3, -0.25) is 0 Å². The topological polar surface area (TPSA) is 38.7 Å². The summed E-state index contributed by atoms with van der Waals surface area (Å²) in [4.78, 5) is 16.8. The molecular weight excluding hydrogens is 527 g/mol. The molecule has 0 spiro atoms. The van der Waals surface area contributed by atoms with E-state index in [0.717, 1.165) is 43.5 Å². The fourth-order valence-corrected chi connectivity index (χ4v) is 8.17. The zero-order valence-electron chi connectivity index (χ0n) is 21.1. The van der Waals surface area contributed by atoms with Crippen molar-refractivity contribution in [3.63, 3.8) is 0 Å². The first kappa shape index (κ1) is 22.1. The number of nitrogens with zero attached hydrogens (tertiary/aromatic N) is 3. The number of aromatic nitrogens is 3. The Morgan fingerprint density at radius 1 is 0.425 bits per heavy atom. The molecular formula is C35H19N3S2. The lowest BCUT2D eigenvalue weighted by atomic mass is 10.0. The fraction of sp³-hybridized carbons (Fsp3) is 0. The van der Waals surface area contributed by atoms with Gasteiger partial charge in [-0.15, -0.1) is 22.7 Å². The maximum Gasteiger partial charge on any atom is 0.180 e. The summed E-state index contributed by atoms with van der Waals surface area (Å²) in [6, 6.07) is 40.5. The van der Waals surface area contributed by atoms with Crippen LogP contribution >= 0.6 is 22.7 Å². The van der Waals surface area contributed by atoms with E-state index in [2.05, 4.69) is 109 Å². The van der Waals surface area contributed by atoms with Crippen molar-refractivity contribution in [2.24, 2.45) is 0 Å². The van der Waals surface area contributed by atoms with E-state index in [9.17, 15) is 0 Å². The van der Waals surface area contributed by atoms with E-state index < -0.39 is 0 Å². The smallest absolute Gasteiger partial charge is 0.180 e. The van der Waals surface area contributed by atoms with Crippen LogP contribution in [0.15, 0.2) is 115 Å². The Morgan fingerprint density at radius 2 is 1.07 bits per heavy atom. The molecule has 0 aliphatic rings. The summed E-state index contributed by atoms with van der Waals surface area (Å²) in [5.41, 5.74) is 3.86. The minimum absolute atomic E-state index is 0.661. The second-order valence-corrected chi connectivity index (χ2v) is 12.1. The average molecular weight is 546 g/mol. The minimum Gasteiger partial charge on any atom is -0.242 e. The van der Waals surface area contributed by atoms with Gasteiger partial charge in [0, 0.05) is 47.3 Å². The van der Waals surface area contributed by atoms with Gasteiger partial charge in [0.1, 0.15) is 10.5 Å². The van der Waals surface area contributed by atoms with Crippen molar-refractivity contribution in [2.75, 3.05) is 0 Å². The Balaban J connectivity index is 1.43. The third-order valence-corrected chi connectivity index (χ3v) is 9.97. The minimum atomic E-state index is 0.661. The first-order chi connectivity index (χ1) is 19.8. The van der Waals surface area contributed by atoms with Crippen LogP contribution in [0.2, 0.25) is 0 Å². The quantitative estimate of drug-likeness (QED) is 0.203. The molecule has 4 aromatic heterocycles. The molecule has 0 fully saturated rings. The first-order valence-electron chi connectivity index (χ1n) is 13.2. The maximum atomic E-state index is 5.38. The highest BCUT2D eigenvalue weighted by molar-refractivity contribution is 7.26. The third-order valence-electron chi connectivity index (χ3n) is 7.71. The Morgan fingerprint density at radius 3 is 1.90 bits per heavy atom. The molecule has 5 aromatic carbocycles. The average Bonchev–Trinajstić information content (AvgIpc) is 3.59. The highest BCUT2D eigenvalue weighted by Crippen LogP contribution is 2.43. The van der Waals surface area contributed by atoms with Crippen molar-refractivity contribution in [3.8, 4) is 22.8 Å². The van der Waals surface area contributed by atoms with Crippen LogP contribution in [0.3, 0.4) is 0 Å². The molecule has 0 aliphatic carbocycles. The Hall–Kier alpha value is -4.71. The van der Waals surface area contributed by atoms with Gasteiger partial charge >= 0.3 is 0 Å². The molecule has 0 bridgehead atoms. The van der Waals surface area contributed by atoms with Crippen molar-refractivity contribution in [1.82, 2.24) is 15.0 Å². The van der Waals surface area contributed by atoms with Gasteiger partial charge in [0.2, 0.25) is 0 Å². The van der Waals surface area contributed by atoms with Crippen molar-refractivity contribution in [3.05, 3.63) is 115 Å². The van der Waals surface area contributed by atoms with Crippen LogP contribution in [-0.4, -0.2) is 15.0 Å². The predicted octanol–water partition coefficient (Wildman–Crippen LogP) is 10.2. The molecule has 0 saturated heterocycles. The third kappa shape index (κ3) is 3.13. The van der Waals surface area contributed by atoms with Crippen molar-refractivity contribution >= 4 is 84.8 Å². The van der Waals surface area contributed by atoms with E-state index in [1.165, 1.54) is 35.6 Å². The van der Waals surface area contributed by atoms with Gasteiger partial charge in [-0.05, 0) is 17.5 Å². The summed E-state index contributed by atoms with van der Waals surface area (Å²) in [7, 11) is 0. The van der Waals surface area contributed by atoms with Crippen LogP contribution in [0.25, 0.3) is 84.9 Å². The summed E-state index contributed by atoms with van der Waals surface area (Å²) in [5, 5.41) is 8.20. The molecule has 0 aliphatic heterocycles. The maximum absolute atomic E-state index is 5.38. The normalized spacial score (nSPS) is 12.0. The number of benzene rings is 5. The van der Waals surface area contributed by atoms with Gasteiger partial charge in [-0.2, -0.15) is 0 Å². The lowest BCUT2D eigenvalue weighted by Gasteiger charge is -2.11. The van der Waals surface area contributed by atoms with Crippen LogP contribution in [0.5, 0.6) is 0 Å². The number of hydrogen-bond donors (Lipinski definition) is 0. The number of pyridine rings is 1. The molecule has 0 atom stereocenters. The van der Waals surface area contributed by atoms with E-state index in [1.807, 2.05) is 17.4 Å². The molecule has 4 heterocycles. The largest absolute Gasteiger partial charge is 0.242 e. The number of fused-ring (bicyclic) bond motifs is 10. The number of rotatable bonds is 2. The Kier molecular flexibility index (Phi) is 4.65. The van der Waals surface area contributed by atoms with E-state index in [0.29, 0.717) is 5.82 Å². The summed E-state index contributed by atoms with van der Waals surface area (Å²) in [5.74, 6) is 0.661. The second kappa shape index (κ2) is 8.39.